The quantitative estimate of drug-likeness (QED) is 0.816. The van der Waals surface area contributed by atoms with E-state index in [1.54, 1.807) is 24.3 Å². The fraction of sp³-hybridized carbons (Fsp3) is 0.500. The van der Waals surface area contributed by atoms with Gasteiger partial charge in [-0.3, -0.25) is 4.79 Å². The van der Waals surface area contributed by atoms with Crippen LogP contribution in [0.5, 0.6) is 0 Å². The molecule has 0 radical (unpaired) electrons. The fourth-order valence-corrected chi connectivity index (χ4v) is 2.67. The summed E-state index contributed by atoms with van der Waals surface area (Å²) in [5.41, 5.74) is 6.39. The lowest BCUT2D eigenvalue weighted by Gasteiger charge is -2.32. The predicted octanol–water partition coefficient (Wildman–Crippen LogP) is 3.58. The Morgan fingerprint density at radius 1 is 1.20 bits per heavy atom. The third-order valence-corrected chi connectivity index (χ3v) is 3.74. The van der Waals surface area contributed by atoms with Gasteiger partial charge in [0.05, 0.1) is 17.3 Å². The van der Waals surface area contributed by atoms with Crippen LogP contribution in [0, 0.1) is 11.8 Å². The molecule has 3 nitrogen and oxygen atoms in total. The third kappa shape index (κ3) is 3.23. The molecule has 2 rings (SSSR count). The van der Waals surface area contributed by atoms with Gasteiger partial charge in [-0.25, -0.2) is 0 Å². The number of amides is 1. The molecule has 110 valence electrons. The molecule has 6 heteroatoms. The van der Waals surface area contributed by atoms with E-state index in [4.69, 9.17) is 5.73 Å². The molecule has 1 saturated carbocycles. The van der Waals surface area contributed by atoms with Gasteiger partial charge in [0.25, 0.3) is 0 Å². The van der Waals surface area contributed by atoms with E-state index in [1.807, 2.05) is 0 Å². The Labute approximate surface area is 115 Å². The normalized spacial score (nSPS) is 23.4. The van der Waals surface area contributed by atoms with Crippen molar-refractivity contribution in [1.29, 1.82) is 0 Å². The second-order valence-electron chi connectivity index (χ2n) is 5.12. The smallest absolute Gasteiger partial charge is 0.392 e. The van der Waals surface area contributed by atoms with Crippen molar-refractivity contribution >= 4 is 17.3 Å². The highest BCUT2D eigenvalue weighted by Crippen LogP contribution is 2.42. The number of nitrogen functional groups attached to an aromatic ring is 1. The molecule has 0 spiro atoms. The summed E-state index contributed by atoms with van der Waals surface area (Å²) < 4.78 is 38.9. The zero-order valence-corrected chi connectivity index (χ0v) is 10.9. The Hall–Kier alpha value is -1.72. The van der Waals surface area contributed by atoms with E-state index >= 15 is 0 Å². The SMILES string of the molecule is Nc1ccccc1NC(=O)C1CCCCC1C(F)(F)F. The molecule has 1 fully saturated rings. The van der Waals surface area contributed by atoms with Crippen LogP contribution in [0.15, 0.2) is 24.3 Å². The molecule has 0 saturated heterocycles. The summed E-state index contributed by atoms with van der Waals surface area (Å²) in [6.07, 6.45) is -2.88. The van der Waals surface area contributed by atoms with Gasteiger partial charge in [-0.1, -0.05) is 25.0 Å². The number of rotatable bonds is 2. The van der Waals surface area contributed by atoms with Crippen LogP contribution in [-0.2, 0) is 4.79 Å². The summed E-state index contributed by atoms with van der Waals surface area (Å²) in [6, 6.07) is 6.55. The van der Waals surface area contributed by atoms with Crippen molar-refractivity contribution in [3.63, 3.8) is 0 Å². The number of anilines is 2. The lowest BCUT2D eigenvalue weighted by atomic mass is 9.78. The van der Waals surface area contributed by atoms with Crippen LogP contribution in [-0.4, -0.2) is 12.1 Å². The first-order valence-electron chi connectivity index (χ1n) is 6.61. The molecule has 1 aliphatic carbocycles. The summed E-state index contributed by atoms with van der Waals surface area (Å²) in [5.74, 6) is -3.17. The number of halogens is 3. The molecule has 3 N–H and O–H groups in total. The molecule has 0 aromatic heterocycles. The largest absolute Gasteiger partial charge is 0.397 e. The lowest BCUT2D eigenvalue weighted by Crippen LogP contribution is -2.39. The Morgan fingerprint density at radius 3 is 2.50 bits per heavy atom. The molecular formula is C14H17F3N2O. The Bertz CT molecular complexity index is 488. The number of alkyl halides is 3. The number of hydrogen-bond donors (Lipinski definition) is 2. The van der Waals surface area contributed by atoms with Crippen molar-refractivity contribution in [2.75, 3.05) is 11.1 Å². The lowest BCUT2D eigenvalue weighted by molar-refractivity contribution is -0.197. The van der Waals surface area contributed by atoms with Gasteiger partial charge in [-0.2, -0.15) is 13.2 Å². The molecule has 2 atom stereocenters. The molecule has 1 aromatic rings. The van der Waals surface area contributed by atoms with E-state index < -0.39 is 23.9 Å². The molecule has 0 heterocycles. The molecule has 0 aliphatic heterocycles. The van der Waals surface area contributed by atoms with E-state index in [-0.39, 0.29) is 12.8 Å². The first kappa shape index (κ1) is 14.7. The van der Waals surface area contributed by atoms with Crippen LogP contribution >= 0.6 is 0 Å². The van der Waals surface area contributed by atoms with Crippen molar-refractivity contribution in [2.45, 2.75) is 31.9 Å². The van der Waals surface area contributed by atoms with Crippen LogP contribution in [0.2, 0.25) is 0 Å². The maximum Gasteiger partial charge on any atom is 0.392 e. The van der Waals surface area contributed by atoms with Crippen molar-refractivity contribution in [2.24, 2.45) is 11.8 Å². The van der Waals surface area contributed by atoms with Crippen LogP contribution in [0.3, 0.4) is 0 Å². The minimum atomic E-state index is -4.33. The van der Waals surface area contributed by atoms with E-state index in [0.29, 0.717) is 24.2 Å². The molecule has 1 aliphatic rings. The van der Waals surface area contributed by atoms with Crippen molar-refractivity contribution in [3.8, 4) is 0 Å². The maximum atomic E-state index is 13.0. The number of carbonyl (C=O) groups excluding carboxylic acids is 1. The highest BCUT2D eigenvalue weighted by Gasteiger charge is 2.48. The minimum absolute atomic E-state index is 0.0197. The summed E-state index contributed by atoms with van der Waals surface area (Å²) in [4.78, 5) is 12.1. The molecule has 1 aromatic carbocycles. The van der Waals surface area contributed by atoms with Crippen LogP contribution < -0.4 is 11.1 Å². The molecule has 2 unspecified atom stereocenters. The number of hydrogen-bond acceptors (Lipinski definition) is 2. The average molecular weight is 286 g/mol. The predicted molar refractivity (Wildman–Crippen MR) is 71.0 cm³/mol. The number of benzene rings is 1. The van der Waals surface area contributed by atoms with Crippen molar-refractivity contribution < 1.29 is 18.0 Å². The van der Waals surface area contributed by atoms with E-state index in [1.165, 1.54) is 0 Å². The summed E-state index contributed by atoms with van der Waals surface area (Å²) in [7, 11) is 0. The topological polar surface area (TPSA) is 55.1 Å². The first-order valence-corrected chi connectivity index (χ1v) is 6.61. The van der Waals surface area contributed by atoms with Crippen molar-refractivity contribution in [3.05, 3.63) is 24.3 Å². The van der Waals surface area contributed by atoms with Gasteiger partial charge < -0.3 is 11.1 Å². The average Bonchev–Trinajstić information content (AvgIpc) is 2.40. The zero-order chi connectivity index (χ0) is 14.8. The number of nitrogens with two attached hydrogens (primary N) is 1. The second-order valence-corrected chi connectivity index (χ2v) is 5.12. The van der Waals surface area contributed by atoms with Gasteiger partial charge in [0.15, 0.2) is 0 Å². The first-order chi connectivity index (χ1) is 9.39. The van der Waals surface area contributed by atoms with E-state index in [9.17, 15) is 18.0 Å². The minimum Gasteiger partial charge on any atom is -0.397 e. The Kier molecular flexibility index (Phi) is 4.20. The third-order valence-electron chi connectivity index (χ3n) is 3.74. The second kappa shape index (κ2) is 5.73. The molecule has 20 heavy (non-hydrogen) atoms. The Balaban J connectivity index is 2.13. The highest BCUT2D eigenvalue weighted by molar-refractivity contribution is 5.95. The maximum absolute atomic E-state index is 13.0. The summed E-state index contributed by atoms with van der Waals surface area (Å²) >= 11 is 0. The van der Waals surface area contributed by atoms with Gasteiger partial charge in [0, 0.05) is 5.92 Å². The van der Waals surface area contributed by atoms with Crippen molar-refractivity contribution in [1.82, 2.24) is 0 Å². The van der Waals surface area contributed by atoms with Crippen LogP contribution in [0.1, 0.15) is 25.7 Å². The van der Waals surface area contributed by atoms with Gasteiger partial charge >= 0.3 is 6.18 Å². The highest BCUT2D eigenvalue weighted by atomic mass is 19.4. The van der Waals surface area contributed by atoms with Gasteiger partial charge in [-0.15, -0.1) is 0 Å². The van der Waals surface area contributed by atoms with Gasteiger partial charge in [0.1, 0.15) is 0 Å². The van der Waals surface area contributed by atoms with E-state index in [0.717, 1.165) is 0 Å². The van der Waals surface area contributed by atoms with E-state index in [2.05, 4.69) is 5.32 Å². The fourth-order valence-electron chi connectivity index (χ4n) is 2.67. The Morgan fingerprint density at radius 2 is 1.85 bits per heavy atom. The molecular weight excluding hydrogens is 269 g/mol. The van der Waals surface area contributed by atoms with Gasteiger partial charge in [-0.05, 0) is 25.0 Å². The van der Waals surface area contributed by atoms with Crippen LogP contribution in [0.4, 0.5) is 24.5 Å². The summed E-state index contributed by atoms with van der Waals surface area (Å²) in [5, 5.41) is 2.52. The molecule has 0 bridgehead atoms. The van der Waals surface area contributed by atoms with Crippen LogP contribution in [0.25, 0.3) is 0 Å². The standard InChI is InChI=1S/C14H17F3N2O/c15-14(16,17)10-6-2-1-5-9(10)13(20)19-12-8-4-3-7-11(12)18/h3-4,7-10H,1-2,5-6,18H2,(H,19,20). The summed E-state index contributed by atoms with van der Waals surface area (Å²) in [6.45, 7) is 0. The monoisotopic (exact) mass is 286 g/mol. The molecule has 1 amide bonds. The number of nitrogens with one attached hydrogen (secondary N) is 1. The van der Waals surface area contributed by atoms with Gasteiger partial charge in [0.2, 0.25) is 5.91 Å². The zero-order valence-electron chi connectivity index (χ0n) is 10.9. The number of para-hydroxylation sites is 2. The number of carbonyl (C=O) groups is 1.